The van der Waals surface area contributed by atoms with Gasteiger partial charge in [0, 0.05) is 12.1 Å². The molecule has 1 atom stereocenters. The molecule has 1 heterocycles. The van der Waals surface area contributed by atoms with Gasteiger partial charge in [-0.3, -0.25) is 0 Å². The maximum absolute atomic E-state index is 5.90. The molecule has 4 nitrogen and oxygen atoms in total. The van der Waals surface area contributed by atoms with Gasteiger partial charge >= 0.3 is 0 Å². The zero-order chi connectivity index (χ0) is 12.7. The number of nitrogens with two attached hydrogens (primary N) is 1. The Morgan fingerprint density at radius 1 is 1.28 bits per heavy atom. The second-order valence-corrected chi connectivity index (χ2v) is 5.32. The summed E-state index contributed by atoms with van der Waals surface area (Å²) in [5, 5.41) is 3.42. The van der Waals surface area contributed by atoms with Crippen molar-refractivity contribution in [3.63, 3.8) is 0 Å². The van der Waals surface area contributed by atoms with Gasteiger partial charge in [-0.2, -0.15) is 0 Å². The molecule has 1 unspecified atom stereocenters. The molecule has 3 rings (SSSR count). The molecule has 4 heteroatoms. The van der Waals surface area contributed by atoms with Gasteiger partial charge in [-0.25, -0.2) is 0 Å². The van der Waals surface area contributed by atoms with Crippen LogP contribution >= 0.6 is 0 Å². The zero-order valence-electron chi connectivity index (χ0n) is 10.9. The first-order valence-corrected chi connectivity index (χ1v) is 6.52. The van der Waals surface area contributed by atoms with Crippen LogP contribution < -0.4 is 20.5 Å². The number of hydrogen-bond acceptors (Lipinski definition) is 4. The number of benzene rings is 1. The van der Waals surface area contributed by atoms with Crippen molar-refractivity contribution in [2.75, 3.05) is 13.8 Å². The van der Waals surface area contributed by atoms with E-state index in [1.165, 1.54) is 11.1 Å². The molecule has 0 radical (unpaired) electrons. The minimum atomic E-state index is 0.330. The lowest BCUT2D eigenvalue weighted by atomic mass is 9.73. The smallest absolute Gasteiger partial charge is 0.231 e. The quantitative estimate of drug-likeness (QED) is 0.855. The summed E-state index contributed by atoms with van der Waals surface area (Å²) in [6, 6.07) is 4.92. The summed E-state index contributed by atoms with van der Waals surface area (Å²) in [4.78, 5) is 0. The van der Waals surface area contributed by atoms with Crippen molar-refractivity contribution in [2.45, 2.75) is 31.8 Å². The summed E-state index contributed by atoms with van der Waals surface area (Å²) >= 11 is 0. The summed E-state index contributed by atoms with van der Waals surface area (Å²) in [6.45, 7) is 2.46. The molecule has 1 fully saturated rings. The van der Waals surface area contributed by atoms with Crippen LogP contribution in [0.25, 0.3) is 0 Å². The van der Waals surface area contributed by atoms with Crippen molar-refractivity contribution in [1.29, 1.82) is 0 Å². The minimum absolute atomic E-state index is 0.330. The molecule has 0 bridgehead atoms. The van der Waals surface area contributed by atoms with Gasteiger partial charge in [-0.15, -0.1) is 0 Å². The van der Waals surface area contributed by atoms with Crippen LogP contribution in [0, 0.1) is 12.8 Å². The number of nitrogens with one attached hydrogen (secondary N) is 1. The lowest BCUT2D eigenvalue weighted by Crippen LogP contribution is -2.42. The Balaban J connectivity index is 1.90. The number of aryl methyl sites for hydroxylation is 1. The van der Waals surface area contributed by atoms with E-state index in [1.54, 1.807) is 0 Å². The van der Waals surface area contributed by atoms with Crippen LogP contribution in [0.2, 0.25) is 0 Å². The largest absolute Gasteiger partial charge is 0.454 e. The van der Waals surface area contributed by atoms with Crippen LogP contribution in [0.4, 0.5) is 0 Å². The van der Waals surface area contributed by atoms with Crippen LogP contribution in [0.5, 0.6) is 11.5 Å². The van der Waals surface area contributed by atoms with Gasteiger partial charge in [0.15, 0.2) is 11.5 Å². The van der Waals surface area contributed by atoms with Gasteiger partial charge in [0.25, 0.3) is 0 Å². The van der Waals surface area contributed by atoms with Crippen molar-refractivity contribution in [3.05, 3.63) is 23.3 Å². The van der Waals surface area contributed by atoms with Gasteiger partial charge < -0.3 is 20.5 Å². The third-order valence-corrected chi connectivity index (χ3v) is 4.09. The average molecular weight is 248 g/mol. The Morgan fingerprint density at radius 2 is 1.94 bits per heavy atom. The first kappa shape index (κ1) is 11.8. The van der Waals surface area contributed by atoms with Crippen LogP contribution in [0.15, 0.2) is 12.1 Å². The van der Waals surface area contributed by atoms with E-state index in [2.05, 4.69) is 24.4 Å². The van der Waals surface area contributed by atoms with Crippen molar-refractivity contribution >= 4 is 0 Å². The van der Waals surface area contributed by atoms with Crippen molar-refractivity contribution in [3.8, 4) is 11.5 Å². The molecule has 0 spiro atoms. The monoisotopic (exact) mass is 248 g/mol. The molecule has 0 amide bonds. The molecule has 0 aromatic heterocycles. The minimum Gasteiger partial charge on any atom is -0.454 e. The van der Waals surface area contributed by atoms with E-state index in [4.69, 9.17) is 15.2 Å². The van der Waals surface area contributed by atoms with Crippen LogP contribution in [-0.2, 0) is 0 Å². The SMILES string of the molecule is CNC(c1cc2c(cc1C)OCO2)C1CC(N)C1. The van der Waals surface area contributed by atoms with Crippen LogP contribution in [-0.4, -0.2) is 19.9 Å². The zero-order valence-corrected chi connectivity index (χ0v) is 10.9. The van der Waals surface area contributed by atoms with Gasteiger partial charge in [-0.05, 0) is 56.0 Å². The molecular weight excluding hydrogens is 228 g/mol. The standard InChI is InChI=1S/C14H20N2O2/c1-8-3-12-13(18-7-17-12)6-11(8)14(16-2)9-4-10(15)5-9/h3,6,9-10,14,16H,4-5,7,15H2,1-2H3. The second kappa shape index (κ2) is 4.44. The van der Waals surface area contributed by atoms with Gasteiger partial charge in [0.05, 0.1) is 0 Å². The Hall–Kier alpha value is -1.26. The lowest BCUT2D eigenvalue weighted by Gasteiger charge is -2.39. The molecule has 1 aromatic rings. The molecule has 98 valence electrons. The van der Waals surface area contributed by atoms with E-state index in [0.717, 1.165) is 24.3 Å². The summed E-state index contributed by atoms with van der Waals surface area (Å²) in [6.07, 6.45) is 2.19. The lowest BCUT2D eigenvalue weighted by molar-refractivity contribution is 0.173. The first-order valence-electron chi connectivity index (χ1n) is 6.52. The Morgan fingerprint density at radius 3 is 2.56 bits per heavy atom. The van der Waals surface area contributed by atoms with Gasteiger partial charge in [0.2, 0.25) is 6.79 Å². The number of fused-ring (bicyclic) bond motifs is 1. The molecule has 1 aromatic carbocycles. The molecule has 18 heavy (non-hydrogen) atoms. The predicted molar refractivity (Wildman–Crippen MR) is 69.8 cm³/mol. The third-order valence-electron chi connectivity index (χ3n) is 4.09. The highest BCUT2D eigenvalue weighted by Crippen LogP contribution is 2.42. The summed E-state index contributed by atoms with van der Waals surface area (Å²) < 4.78 is 10.9. The molecule has 1 saturated carbocycles. The van der Waals surface area contributed by atoms with Gasteiger partial charge in [0.1, 0.15) is 0 Å². The predicted octanol–water partition coefficient (Wildman–Crippen LogP) is 1.72. The molecule has 0 saturated heterocycles. The Labute approximate surface area is 107 Å². The fraction of sp³-hybridized carbons (Fsp3) is 0.571. The van der Waals surface area contributed by atoms with E-state index in [0.29, 0.717) is 24.8 Å². The van der Waals surface area contributed by atoms with Crippen molar-refractivity contribution in [1.82, 2.24) is 5.32 Å². The number of ether oxygens (including phenoxy) is 2. The summed E-state index contributed by atoms with van der Waals surface area (Å²) in [5.74, 6) is 2.35. The van der Waals surface area contributed by atoms with E-state index in [1.807, 2.05) is 7.05 Å². The normalized spacial score (nSPS) is 26.8. The maximum atomic E-state index is 5.90. The molecule has 1 aliphatic heterocycles. The van der Waals surface area contributed by atoms with E-state index in [-0.39, 0.29) is 0 Å². The van der Waals surface area contributed by atoms with Crippen LogP contribution in [0.1, 0.15) is 30.0 Å². The molecule has 2 aliphatic rings. The maximum Gasteiger partial charge on any atom is 0.231 e. The molecular formula is C14H20N2O2. The van der Waals surface area contributed by atoms with Gasteiger partial charge in [-0.1, -0.05) is 0 Å². The summed E-state index contributed by atoms with van der Waals surface area (Å²) in [5.41, 5.74) is 8.45. The fourth-order valence-electron chi connectivity index (χ4n) is 3.02. The second-order valence-electron chi connectivity index (χ2n) is 5.32. The Bertz CT molecular complexity index is 455. The molecule has 3 N–H and O–H groups in total. The van der Waals surface area contributed by atoms with E-state index >= 15 is 0 Å². The molecule has 1 aliphatic carbocycles. The van der Waals surface area contributed by atoms with Crippen molar-refractivity contribution < 1.29 is 9.47 Å². The van der Waals surface area contributed by atoms with E-state index < -0.39 is 0 Å². The highest BCUT2D eigenvalue weighted by Gasteiger charge is 2.34. The number of hydrogen-bond donors (Lipinski definition) is 2. The average Bonchev–Trinajstić information content (AvgIpc) is 2.74. The topological polar surface area (TPSA) is 56.5 Å². The number of rotatable bonds is 3. The Kier molecular flexibility index (Phi) is 2.92. The van der Waals surface area contributed by atoms with Crippen molar-refractivity contribution in [2.24, 2.45) is 11.7 Å². The third kappa shape index (κ3) is 1.85. The first-order chi connectivity index (χ1) is 8.69. The van der Waals surface area contributed by atoms with Crippen LogP contribution in [0.3, 0.4) is 0 Å². The van der Waals surface area contributed by atoms with E-state index in [9.17, 15) is 0 Å². The highest BCUT2D eigenvalue weighted by molar-refractivity contribution is 5.49. The fourth-order valence-corrected chi connectivity index (χ4v) is 3.02. The highest BCUT2D eigenvalue weighted by atomic mass is 16.7. The summed E-state index contributed by atoms with van der Waals surface area (Å²) in [7, 11) is 2.01.